The van der Waals surface area contributed by atoms with Gasteiger partial charge in [0, 0.05) is 24.6 Å². The molecule has 1 aromatic rings. The Morgan fingerprint density at radius 3 is 2.78 bits per heavy atom. The largest absolute Gasteiger partial charge is 0.381 e. The first kappa shape index (κ1) is 14.0. The van der Waals surface area contributed by atoms with Crippen molar-refractivity contribution in [1.29, 1.82) is 0 Å². The topological polar surface area (TPSA) is 67.4 Å². The molecule has 0 bridgehead atoms. The summed E-state index contributed by atoms with van der Waals surface area (Å²) < 4.78 is 32.4. The van der Waals surface area contributed by atoms with Crippen LogP contribution < -0.4 is 10.0 Å². The normalized spacial score (nSPS) is 23.9. The number of hydrogen-bond donors (Lipinski definition) is 2. The lowest BCUT2D eigenvalue weighted by Gasteiger charge is -2.34. The molecule has 1 heterocycles. The van der Waals surface area contributed by atoms with Gasteiger partial charge in [-0.1, -0.05) is 0 Å². The quantitative estimate of drug-likeness (QED) is 0.817. The van der Waals surface area contributed by atoms with E-state index in [9.17, 15) is 8.42 Å². The molecule has 0 unspecified atom stereocenters. The number of nitrogens with one attached hydrogen (secondary N) is 2. The first-order chi connectivity index (χ1) is 8.55. The summed E-state index contributed by atoms with van der Waals surface area (Å²) in [6, 6.07) is 3.51. The van der Waals surface area contributed by atoms with Crippen molar-refractivity contribution in [2.45, 2.75) is 35.7 Å². The Morgan fingerprint density at radius 2 is 2.17 bits per heavy atom. The van der Waals surface area contributed by atoms with Crippen LogP contribution in [0.25, 0.3) is 0 Å². The molecule has 5 nitrogen and oxygen atoms in total. The summed E-state index contributed by atoms with van der Waals surface area (Å²) in [5.74, 6) is 0. The molecule has 1 aliphatic carbocycles. The van der Waals surface area contributed by atoms with Crippen LogP contribution in [-0.4, -0.2) is 34.7 Å². The Bertz CT molecular complexity index is 492. The van der Waals surface area contributed by atoms with Gasteiger partial charge >= 0.3 is 0 Å². The highest BCUT2D eigenvalue weighted by atomic mass is 32.2. The van der Waals surface area contributed by atoms with Crippen molar-refractivity contribution in [3.05, 3.63) is 17.0 Å². The van der Waals surface area contributed by atoms with Crippen LogP contribution in [0.4, 0.5) is 0 Å². The number of hydrogen-bond acceptors (Lipinski definition) is 5. The van der Waals surface area contributed by atoms with Gasteiger partial charge < -0.3 is 10.1 Å². The van der Waals surface area contributed by atoms with Crippen molar-refractivity contribution in [1.82, 2.24) is 10.0 Å². The van der Waals surface area contributed by atoms with Crippen LogP contribution in [-0.2, 0) is 21.3 Å². The van der Waals surface area contributed by atoms with Gasteiger partial charge in [0.2, 0.25) is 10.0 Å². The third kappa shape index (κ3) is 3.10. The lowest BCUT2D eigenvalue weighted by Crippen LogP contribution is -2.47. The van der Waals surface area contributed by atoms with Crippen LogP contribution >= 0.6 is 11.3 Å². The summed E-state index contributed by atoms with van der Waals surface area (Å²) in [6.45, 7) is 0.690. The van der Waals surface area contributed by atoms with Crippen LogP contribution in [0.2, 0.25) is 0 Å². The highest BCUT2D eigenvalue weighted by Gasteiger charge is 2.33. The van der Waals surface area contributed by atoms with Gasteiger partial charge in [0.25, 0.3) is 0 Å². The summed E-state index contributed by atoms with van der Waals surface area (Å²) >= 11 is 1.30. The van der Waals surface area contributed by atoms with Crippen molar-refractivity contribution >= 4 is 21.4 Å². The lowest BCUT2D eigenvalue weighted by molar-refractivity contribution is 0.0236. The molecule has 0 aliphatic heterocycles. The second kappa shape index (κ2) is 5.66. The maximum absolute atomic E-state index is 12.1. The van der Waals surface area contributed by atoms with E-state index in [0.29, 0.717) is 10.8 Å². The van der Waals surface area contributed by atoms with Gasteiger partial charge in [-0.15, -0.1) is 11.3 Å². The van der Waals surface area contributed by atoms with Crippen LogP contribution in [0, 0.1) is 0 Å². The molecular formula is C11H18N2O3S2. The van der Waals surface area contributed by atoms with Crippen molar-refractivity contribution in [3.63, 3.8) is 0 Å². The molecule has 2 N–H and O–H groups in total. The molecule has 0 radical (unpaired) electrons. The average molecular weight is 290 g/mol. The van der Waals surface area contributed by atoms with Crippen molar-refractivity contribution in [3.8, 4) is 0 Å². The predicted octanol–water partition coefficient (Wildman–Crippen LogP) is 0.923. The summed E-state index contributed by atoms with van der Waals surface area (Å²) in [4.78, 5) is 1.02. The van der Waals surface area contributed by atoms with E-state index in [0.717, 1.165) is 17.7 Å². The molecule has 0 atom stereocenters. The van der Waals surface area contributed by atoms with Gasteiger partial charge in [0.05, 0.1) is 6.10 Å². The molecule has 7 heteroatoms. The Kier molecular flexibility index (Phi) is 4.39. The SMILES string of the molecule is CNCc1ccc(S(=O)(=O)NC2CC(OC)C2)s1. The van der Waals surface area contributed by atoms with Crippen LogP contribution in [0.1, 0.15) is 17.7 Å². The number of rotatable bonds is 6. The predicted molar refractivity (Wildman–Crippen MR) is 71.2 cm³/mol. The van der Waals surface area contributed by atoms with E-state index in [2.05, 4.69) is 10.0 Å². The molecule has 2 rings (SSSR count). The van der Waals surface area contributed by atoms with E-state index in [4.69, 9.17) is 4.74 Å². The summed E-state index contributed by atoms with van der Waals surface area (Å²) in [7, 11) is 0.126. The van der Waals surface area contributed by atoms with E-state index in [1.54, 1.807) is 13.2 Å². The summed E-state index contributed by atoms with van der Waals surface area (Å²) in [5.41, 5.74) is 0. The molecular weight excluding hydrogens is 272 g/mol. The molecule has 1 aromatic heterocycles. The second-order valence-corrected chi connectivity index (χ2v) is 7.51. The molecule has 102 valence electrons. The van der Waals surface area contributed by atoms with E-state index < -0.39 is 10.0 Å². The smallest absolute Gasteiger partial charge is 0.250 e. The van der Waals surface area contributed by atoms with E-state index in [1.807, 2.05) is 13.1 Å². The van der Waals surface area contributed by atoms with Gasteiger partial charge in [-0.3, -0.25) is 0 Å². The lowest BCUT2D eigenvalue weighted by atomic mass is 9.90. The van der Waals surface area contributed by atoms with Gasteiger partial charge in [-0.25, -0.2) is 13.1 Å². The number of ether oxygens (including phenoxy) is 1. The molecule has 0 aromatic carbocycles. The maximum atomic E-state index is 12.1. The fourth-order valence-corrected chi connectivity index (χ4v) is 4.55. The molecule has 1 saturated carbocycles. The molecule has 0 amide bonds. The minimum absolute atomic E-state index is 0.00907. The minimum Gasteiger partial charge on any atom is -0.381 e. The molecule has 1 aliphatic rings. The standard InChI is InChI=1S/C11H18N2O3S2/c1-12-7-10-3-4-11(17-10)18(14,15)13-8-5-9(6-8)16-2/h3-4,8-9,12-13H,5-7H2,1-2H3. The van der Waals surface area contributed by atoms with E-state index in [-0.39, 0.29) is 12.1 Å². The third-order valence-corrected chi connectivity index (χ3v) is 6.10. The fourth-order valence-electron chi connectivity index (χ4n) is 1.90. The Balaban J connectivity index is 1.97. The monoisotopic (exact) mass is 290 g/mol. The van der Waals surface area contributed by atoms with Crippen molar-refractivity contribution in [2.75, 3.05) is 14.2 Å². The van der Waals surface area contributed by atoms with Gasteiger partial charge in [0.1, 0.15) is 4.21 Å². The number of methoxy groups -OCH3 is 1. The van der Waals surface area contributed by atoms with Crippen LogP contribution in [0.5, 0.6) is 0 Å². The first-order valence-electron chi connectivity index (χ1n) is 5.83. The molecule has 0 saturated heterocycles. The minimum atomic E-state index is -3.36. The van der Waals surface area contributed by atoms with Gasteiger partial charge in [0.15, 0.2) is 0 Å². The molecule has 18 heavy (non-hydrogen) atoms. The molecule has 0 spiro atoms. The van der Waals surface area contributed by atoms with Crippen molar-refractivity contribution < 1.29 is 13.2 Å². The van der Waals surface area contributed by atoms with Crippen molar-refractivity contribution in [2.24, 2.45) is 0 Å². The van der Waals surface area contributed by atoms with Gasteiger partial charge in [-0.2, -0.15) is 0 Å². The maximum Gasteiger partial charge on any atom is 0.250 e. The highest BCUT2D eigenvalue weighted by molar-refractivity contribution is 7.91. The fraction of sp³-hybridized carbons (Fsp3) is 0.636. The zero-order valence-electron chi connectivity index (χ0n) is 10.5. The van der Waals surface area contributed by atoms with E-state index in [1.165, 1.54) is 11.3 Å². The zero-order valence-corrected chi connectivity index (χ0v) is 12.1. The summed E-state index contributed by atoms with van der Waals surface area (Å²) in [6.07, 6.45) is 1.70. The average Bonchev–Trinajstić information content (AvgIpc) is 2.72. The Morgan fingerprint density at radius 1 is 1.44 bits per heavy atom. The Labute approximate surface area is 112 Å². The summed E-state index contributed by atoms with van der Waals surface area (Å²) in [5, 5.41) is 3.00. The molecule has 1 fully saturated rings. The van der Waals surface area contributed by atoms with Crippen LogP contribution in [0.15, 0.2) is 16.3 Å². The third-order valence-electron chi connectivity index (χ3n) is 3.00. The highest BCUT2D eigenvalue weighted by Crippen LogP contribution is 2.26. The van der Waals surface area contributed by atoms with Crippen LogP contribution in [0.3, 0.4) is 0 Å². The first-order valence-corrected chi connectivity index (χ1v) is 8.13. The Hall–Kier alpha value is -0.470. The number of sulfonamides is 1. The van der Waals surface area contributed by atoms with E-state index >= 15 is 0 Å². The zero-order chi connectivity index (χ0) is 13.2. The van der Waals surface area contributed by atoms with Gasteiger partial charge in [-0.05, 0) is 32.0 Å². The second-order valence-electron chi connectivity index (χ2n) is 4.40. The number of thiophene rings is 1.